The number of carbonyl (C=O) groups excluding carboxylic acids is 3. The number of benzene rings is 1. The van der Waals surface area contributed by atoms with Gasteiger partial charge in [-0.15, -0.1) is 0 Å². The minimum atomic E-state index is -0.561. The molecular weight excluding hydrogens is 386 g/mol. The Balaban J connectivity index is 1.66. The van der Waals surface area contributed by atoms with Crippen LogP contribution in [0.25, 0.3) is 0 Å². The Bertz CT molecular complexity index is 819. The quantitative estimate of drug-likeness (QED) is 0.665. The summed E-state index contributed by atoms with van der Waals surface area (Å²) in [5, 5.41) is 5.65. The summed E-state index contributed by atoms with van der Waals surface area (Å²) in [4.78, 5) is 39.0. The summed E-state index contributed by atoms with van der Waals surface area (Å²) < 4.78 is 10.6. The molecule has 1 heterocycles. The van der Waals surface area contributed by atoms with Gasteiger partial charge in [-0.05, 0) is 43.4 Å². The van der Waals surface area contributed by atoms with Crippen LogP contribution >= 0.6 is 0 Å². The molecule has 0 unspecified atom stereocenters. The summed E-state index contributed by atoms with van der Waals surface area (Å²) >= 11 is 0. The van der Waals surface area contributed by atoms with Gasteiger partial charge in [0.1, 0.15) is 24.1 Å². The summed E-state index contributed by atoms with van der Waals surface area (Å²) in [5.74, 6) is 0.532. The minimum Gasteiger partial charge on any atom is -0.497 e. The van der Waals surface area contributed by atoms with Crippen LogP contribution in [0.5, 0.6) is 11.5 Å². The Morgan fingerprint density at radius 2 is 1.93 bits per heavy atom. The second-order valence-electron chi connectivity index (χ2n) is 8.42. The Morgan fingerprint density at radius 1 is 1.23 bits per heavy atom. The van der Waals surface area contributed by atoms with E-state index in [1.807, 2.05) is 6.92 Å². The zero-order chi connectivity index (χ0) is 21.9. The van der Waals surface area contributed by atoms with Crippen molar-refractivity contribution in [2.45, 2.75) is 58.0 Å². The normalized spacial score (nSPS) is 21.7. The molecule has 2 atom stereocenters. The van der Waals surface area contributed by atoms with E-state index in [1.54, 1.807) is 32.4 Å². The maximum absolute atomic E-state index is 12.9. The number of imide groups is 1. The van der Waals surface area contributed by atoms with Crippen molar-refractivity contribution in [1.82, 2.24) is 15.5 Å². The average molecular weight is 418 g/mol. The molecule has 3 rings (SSSR count). The number of ether oxygens (including phenoxy) is 2. The number of hydrogen-bond donors (Lipinski definition) is 2. The average Bonchev–Trinajstić information content (AvgIpc) is 3.02. The van der Waals surface area contributed by atoms with Gasteiger partial charge < -0.3 is 20.1 Å². The largest absolute Gasteiger partial charge is 0.497 e. The van der Waals surface area contributed by atoms with E-state index in [2.05, 4.69) is 17.6 Å². The molecule has 30 heavy (non-hydrogen) atoms. The molecule has 1 saturated carbocycles. The zero-order valence-electron chi connectivity index (χ0n) is 18.1. The number of urea groups is 1. The van der Waals surface area contributed by atoms with E-state index in [4.69, 9.17) is 9.47 Å². The molecule has 0 radical (unpaired) electrons. The van der Waals surface area contributed by atoms with Crippen LogP contribution in [0.1, 0.15) is 57.6 Å². The Morgan fingerprint density at radius 3 is 2.57 bits per heavy atom. The van der Waals surface area contributed by atoms with Crippen molar-refractivity contribution >= 4 is 17.8 Å². The standard InChI is InChI=1S/C22H31N3O5/c1-14(16-12-15(29-3)8-9-17(16)30-4)23-18(26)13-25-20(27)19(24-21(25)28)22(2)10-6-5-7-11-22/h8-9,12,14,19H,5-7,10-11,13H2,1-4H3,(H,23,26)(H,24,28)/t14-,19+/m0/s1. The molecule has 164 valence electrons. The SMILES string of the molecule is COc1ccc(OC)c([C@H](C)NC(=O)CN2C(=O)N[C@@H](C3(C)CCCCC3)C2=O)c1. The second-order valence-corrected chi connectivity index (χ2v) is 8.42. The lowest BCUT2D eigenvalue weighted by Gasteiger charge is -2.37. The van der Waals surface area contributed by atoms with Gasteiger partial charge in [0.15, 0.2) is 0 Å². The van der Waals surface area contributed by atoms with Gasteiger partial charge in [-0.3, -0.25) is 14.5 Å². The van der Waals surface area contributed by atoms with Crippen molar-refractivity contribution in [2.75, 3.05) is 20.8 Å². The molecule has 8 heteroatoms. The van der Waals surface area contributed by atoms with E-state index in [0.717, 1.165) is 42.6 Å². The van der Waals surface area contributed by atoms with Gasteiger partial charge in [0, 0.05) is 5.56 Å². The van der Waals surface area contributed by atoms with Crippen LogP contribution in [0.2, 0.25) is 0 Å². The molecule has 2 N–H and O–H groups in total. The molecule has 1 aromatic rings. The van der Waals surface area contributed by atoms with Crippen LogP contribution in [0.4, 0.5) is 4.79 Å². The van der Waals surface area contributed by atoms with Crippen LogP contribution < -0.4 is 20.1 Å². The van der Waals surface area contributed by atoms with Gasteiger partial charge in [0.05, 0.1) is 20.3 Å². The first-order valence-electron chi connectivity index (χ1n) is 10.4. The molecule has 1 aliphatic heterocycles. The van der Waals surface area contributed by atoms with E-state index in [-0.39, 0.29) is 17.9 Å². The summed E-state index contributed by atoms with van der Waals surface area (Å²) in [7, 11) is 3.12. The molecule has 1 aliphatic carbocycles. The minimum absolute atomic E-state index is 0.253. The number of nitrogens with one attached hydrogen (secondary N) is 2. The predicted octanol–water partition coefficient (Wildman–Crippen LogP) is 2.77. The van der Waals surface area contributed by atoms with Gasteiger partial charge in [-0.2, -0.15) is 0 Å². The third-order valence-electron chi connectivity index (χ3n) is 6.30. The lowest BCUT2D eigenvalue weighted by atomic mass is 9.70. The van der Waals surface area contributed by atoms with Crippen molar-refractivity contribution in [3.63, 3.8) is 0 Å². The van der Waals surface area contributed by atoms with Crippen LogP contribution in [0, 0.1) is 5.41 Å². The molecule has 1 aromatic carbocycles. The number of carbonyl (C=O) groups is 3. The number of rotatable bonds is 7. The van der Waals surface area contributed by atoms with Gasteiger partial charge >= 0.3 is 6.03 Å². The van der Waals surface area contributed by atoms with E-state index in [1.165, 1.54) is 0 Å². The maximum atomic E-state index is 12.9. The second kappa shape index (κ2) is 8.93. The Hall–Kier alpha value is -2.77. The number of amides is 4. The fourth-order valence-corrected chi connectivity index (χ4v) is 4.48. The number of nitrogens with zero attached hydrogens (tertiary/aromatic N) is 1. The smallest absolute Gasteiger partial charge is 0.325 e. The van der Waals surface area contributed by atoms with Gasteiger partial charge in [0.25, 0.3) is 5.91 Å². The van der Waals surface area contributed by atoms with Crippen molar-refractivity contribution < 1.29 is 23.9 Å². The van der Waals surface area contributed by atoms with E-state index in [9.17, 15) is 14.4 Å². The molecular formula is C22H31N3O5. The highest BCUT2D eigenvalue weighted by molar-refractivity contribution is 6.06. The summed E-state index contributed by atoms with van der Waals surface area (Å²) in [6, 6.07) is 3.87. The van der Waals surface area contributed by atoms with Gasteiger partial charge in [-0.1, -0.05) is 26.2 Å². The summed E-state index contributed by atoms with van der Waals surface area (Å²) in [6.45, 7) is 3.55. The van der Waals surface area contributed by atoms with E-state index in [0.29, 0.717) is 11.5 Å². The Kier molecular flexibility index (Phi) is 6.53. The van der Waals surface area contributed by atoms with Crippen molar-refractivity contribution in [3.05, 3.63) is 23.8 Å². The number of methoxy groups -OCH3 is 2. The van der Waals surface area contributed by atoms with Crippen molar-refractivity contribution in [2.24, 2.45) is 5.41 Å². The lowest BCUT2D eigenvalue weighted by molar-refractivity contribution is -0.134. The predicted molar refractivity (Wildman–Crippen MR) is 111 cm³/mol. The maximum Gasteiger partial charge on any atom is 0.325 e. The highest BCUT2D eigenvalue weighted by atomic mass is 16.5. The lowest BCUT2D eigenvalue weighted by Crippen LogP contribution is -2.46. The van der Waals surface area contributed by atoms with Crippen molar-refractivity contribution in [1.29, 1.82) is 0 Å². The van der Waals surface area contributed by atoms with Gasteiger partial charge in [-0.25, -0.2) is 4.79 Å². The van der Waals surface area contributed by atoms with E-state index < -0.39 is 24.0 Å². The van der Waals surface area contributed by atoms with Crippen LogP contribution in [0.15, 0.2) is 18.2 Å². The molecule has 0 spiro atoms. The monoisotopic (exact) mass is 417 g/mol. The first kappa shape index (κ1) is 21.9. The molecule has 1 saturated heterocycles. The third-order valence-corrected chi connectivity index (χ3v) is 6.30. The molecule has 4 amide bonds. The molecule has 2 fully saturated rings. The van der Waals surface area contributed by atoms with Crippen LogP contribution in [-0.2, 0) is 9.59 Å². The Labute approximate surface area is 177 Å². The highest BCUT2D eigenvalue weighted by Crippen LogP contribution is 2.40. The molecule has 0 bridgehead atoms. The molecule has 8 nitrogen and oxygen atoms in total. The van der Waals surface area contributed by atoms with E-state index >= 15 is 0 Å². The number of hydrogen-bond acceptors (Lipinski definition) is 5. The highest BCUT2D eigenvalue weighted by Gasteiger charge is 2.49. The first-order chi connectivity index (χ1) is 14.3. The third kappa shape index (κ3) is 4.37. The molecule has 2 aliphatic rings. The topological polar surface area (TPSA) is 97.0 Å². The zero-order valence-corrected chi connectivity index (χ0v) is 18.1. The fraction of sp³-hybridized carbons (Fsp3) is 0.591. The van der Waals surface area contributed by atoms with Crippen molar-refractivity contribution in [3.8, 4) is 11.5 Å². The molecule has 0 aromatic heterocycles. The van der Waals surface area contributed by atoms with Crippen LogP contribution in [0.3, 0.4) is 0 Å². The summed E-state index contributed by atoms with van der Waals surface area (Å²) in [5.41, 5.74) is 0.493. The first-order valence-corrected chi connectivity index (χ1v) is 10.4. The van der Waals surface area contributed by atoms with Crippen LogP contribution in [-0.4, -0.2) is 49.6 Å². The fourth-order valence-electron chi connectivity index (χ4n) is 4.48. The summed E-state index contributed by atoms with van der Waals surface area (Å²) in [6.07, 6.45) is 5.06. The van der Waals surface area contributed by atoms with Gasteiger partial charge in [0.2, 0.25) is 5.91 Å².